The van der Waals surface area contributed by atoms with Gasteiger partial charge in [-0.3, -0.25) is 9.36 Å². The van der Waals surface area contributed by atoms with Crippen molar-refractivity contribution in [2.45, 2.75) is 57.5 Å². The highest BCUT2D eigenvalue weighted by atomic mass is 32.2. The molecule has 0 spiro atoms. The minimum atomic E-state index is -0.300. The van der Waals surface area contributed by atoms with Crippen LogP contribution in [0.25, 0.3) is 0 Å². The molecule has 5 nitrogen and oxygen atoms in total. The minimum Gasteiger partial charge on any atom is -0.293 e. The van der Waals surface area contributed by atoms with Crippen molar-refractivity contribution >= 4 is 17.5 Å². The van der Waals surface area contributed by atoms with Gasteiger partial charge in [0.1, 0.15) is 0 Å². The SMILES string of the molecule is CCCCn1c(SC(C)C(=O)c2cc(C)ccc2C)n[nH]c1=O. The van der Waals surface area contributed by atoms with Gasteiger partial charge < -0.3 is 0 Å². The molecule has 0 saturated carbocycles. The van der Waals surface area contributed by atoms with E-state index in [1.165, 1.54) is 11.8 Å². The lowest BCUT2D eigenvalue weighted by molar-refractivity contribution is 0.0993. The second kappa shape index (κ2) is 7.64. The number of thioether (sulfide) groups is 1. The average molecular weight is 333 g/mol. The predicted molar refractivity (Wildman–Crippen MR) is 93.3 cm³/mol. The van der Waals surface area contributed by atoms with E-state index in [-0.39, 0.29) is 16.7 Å². The van der Waals surface area contributed by atoms with Crippen molar-refractivity contribution in [2.75, 3.05) is 0 Å². The summed E-state index contributed by atoms with van der Waals surface area (Å²) in [4.78, 5) is 24.5. The fraction of sp³-hybridized carbons (Fsp3) is 0.471. The zero-order valence-corrected chi connectivity index (χ0v) is 14.9. The summed E-state index contributed by atoms with van der Waals surface area (Å²) in [5, 5.41) is 6.82. The first-order valence-electron chi connectivity index (χ1n) is 7.87. The first-order valence-corrected chi connectivity index (χ1v) is 8.75. The number of nitrogens with one attached hydrogen (secondary N) is 1. The van der Waals surface area contributed by atoms with Gasteiger partial charge in [0.2, 0.25) is 0 Å². The Morgan fingerprint density at radius 3 is 2.83 bits per heavy atom. The van der Waals surface area contributed by atoms with Gasteiger partial charge in [-0.25, -0.2) is 9.89 Å². The topological polar surface area (TPSA) is 67.8 Å². The molecule has 1 N–H and O–H groups in total. The third-order valence-electron chi connectivity index (χ3n) is 3.77. The number of rotatable bonds is 7. The molecule has 0 radical (unpaired) electrons. The molecule has 23 heavy (non-hydrogen) atoms. The summed E-state index contributed by atoms with van der Waals surface area (Å²) in [5.74, 6) is 0.0636. The second-order valence-electron chi connectivity index (χ2n) is 5.76. The number of H-pyrrole nitrogens is 1. The number of aromatic amines is 1. The van der Waals surface area contributed by atoms with Crippen molar-refractivity contribution in [3.63, 3.8) is 0 Å². The zero-order valence-electron chi connectivity index (χ0n) is 14.0. The van der Waals surface area contributed by atoms with Crippen molar-refractivity contribution in [3.8, 4) is 0 Å². The molecule has 0 amide bonds. The van der Waals surface area contributed by atoms with Gasteiger partial charge in [0.25, 0.3) is 0 Å². The van der Waals surface area contributed by atoms with E-state index >= 15 is 0 Å². The van der Waals surface area contributed by atoms with Crippen LogP contribution in [-0.4, -0.2) is 25.8 Å². The molecule has 0 aliphatic heterocycles. The highest BCUT2D eigenvalue weighted by molar-refractivity contribution is 8.00. The largest absolute Gasteiger partial charge is 0.343 e. The van der Waals surface area contributed by atoms with E-state index in [1.807, 2.05) is 39.0 Å². The van der Waals surface area contributed by atoms with Crippen LogP contribution in [0.2, 0.25) is 0 Å². The molecular weight excluding hydrogens is 310 g/mol. The fourth-order valence-electron chi connectivity index (χ4n) is 2.34. The Morgan fingerprint density at radius 2 is 2.13 bits per heavy atom. The van der Waals surface area contributed by atoms with E-state index in [0.29, 0.717) is 11.7 Å². The number of aromatic nitrogens is 3. The number of unbranched alkanes of at least 4 members (excludes halogenated alkanes) is 1. The quantitative estimate of drug-likeness (QED) is 0.623. The molecule has 1 aromatic carbocycles. The molecule has 2 aromatic rings. The van der Waals surface area contributed by atoms with Crippen LogP contribution in [0.1, 0.15) is 48.2 Å². The van der Waals surface area contributed by atoms with E-state index in [0.717, 1.165) is 29.5 Å². The highest BCUT2D eigenvalue weighted by Gasteiger charge is 2.21. The average Bonchev–Trinajstić information content (AvgIpc) is 2.87. The smallest absolute Gasteiger partial charge is 0.293 e. The maximum Gasteiger partial charge on any atom is 0.343 e. The third kappa shape index (κ3) is 4.13. The lowest BCUT2D eigenvalue weighted by atomic mass is 10.0. The van der Waals surface area contributed by atoms with Gasteiger partial charge in [-0.15, -0.1) is 5.10 Å². The van der Waals surface area contributed by atoms with Crippen molar-refractivity contribution in [1.29, 1.82) is 0 Å². The summed E-state index contributed by atoms with van der Waals surface area (Å²) in [5.41, 5.74) is 2.56. The number of Topliss-reactive ketones (excluding diaryl/α,β-unsaturated/α-hetero) is 1. The van der Waals surface area contributed by atoms with Crippen LogP contribution in [0.3, 0.4) is 0 Å². The Balaban J connectivity index is 2.19. The van der Waals surface area contributed by atoms with Gasteiger partial charge in [0.15, 0.2) is 10.9 Å². The van der Waals surface area contributed by atoms with E-state index < -0.39 is 0 Å². The normalized spacial score (nSPS) is 12.3. The van der Waals surface area contributed by atoms with Crippen LogP contribution in [-0.2, 0) is 6.54 Å². The molecule has 0 bridgehead atoms. The van der Waals surface area contributed by atoms with Gasteiger partial charge >= 0.3 is 5.69 Å². The number of carbonyl (C=O) groups is 1. The molecular formula is C17H23N3O2S. The van der Waals surface area contributed by atoms with Crippen LogP contribution in [0.15, 0.2) is 28.2 Å². The van der Waals surface area contributed by atoms with Gasteiger partial charge in [0.05, 0.1) is 5.25 Å². The summed E-state index contributed by atoms with van der Waals surface area (Å²) >= 11 is 1.33. The van der Waals surface area contributed by atoms with Crippen molar-refractivity contribution in [3.05, 3.63) is 45.4 Å². The van der Waals surface area contributed by atoms with Crippen molar-refractivity contribution < 1.29 is 4.79 Å². The van der Waals surface area contributed by atoms with Gasteiger partial charge in [0, 0.05) is 12.1 Å². The Bertz CT molecular complexity index is 749. The fourth-order valence-corrected chi connectivity index (χ4v) is 3.29. The van der Waals surface area contributed by atoms with Gasteiger partial charge in [-0.05, 0) is 38.8 Å². The molecule has 0 saturated heterocycles. The van der Waals surface area contributed by atoms with Gasteiger partial charge in [-0.2, -0.15) is 0 Å². The van der Waals surface area contributed by atoms with Crippen LogP contribution in [0.5, 0.6) is 0 Å². The van der Waals surface area contributed by atoms with E-state index in [9.17, 15) is 9.59 Å². The molecule has 1 unspecified atom stereocenters. The van der Waals surface area contributed by atoms with Crippen LogP contribution in [0, 0.1) is 13.8 Å². The summed E-state index contributed by atoms with van der Waals surface area (Å²) in [6.45, 7) is 8.47. The zero-order chi connectivity index (χ0) is 17.0. The summed E-state index contributed by atoms with van der Waals surface area (Å²) in [7, 11) is 0. The Labute approximate surface area is 140 Å². The minimum absolute atomic E-state index is 0.0636. The molecule has 0 aliphatic carbocycles. The summed E-state index contributed by atoms with van der Waals surface area (Å²) < 4.78 is 1.61. The Morgan fingerprint density at radius 1 is 1.39 bits per heavy atom. The van der Waals surface area contributed by atoms with Crippen LogP contribution in [0.4, 0.5) is 0 Å². The molecule has 1 atom stereocenters. The van der Waals surface area contributed by atoms with Gasteiger partial charge in [-0.1, -0.05) is 42.8 Å². The molecule has 2 rings (SSSR count). The highest BCUT2D eigenvalue weighted by Crippen LogP contribution is 2.25. The van der Waals surface area contributed by atoms with E-state index in [4.69, 9.17) is 0 Å². The number of ketones is 1. The van der Waals surface area contributed by atoms with E-state index in [1.54, 1.807) is 4.57 Å². The molecule has 6 heteroatoms. The first-order chi connectivity index (χ1) is 10.9. The maximum atomic E-state index is 12.7. The molecule has 1 heterocycles. The van der Waals surface area contributed by atoms with Crippen LogP contribution >= 0.6 is 11.8 Å². The third-order valence-corrected chi connectivity index (χ3v) is 4.86. The lowest BCUT2D eigenvalue weighted by Crippen LogP contribution is -2.20. The summed E-state index contributed by atoms with van der Waals surface area (Å²) in [6, 6.07) is 5.88. The predicted octanol–water partition coefficient (Wildman–Crippen LogP) is 3.35. The standard InChI is InChI=1S/C17H23N3O2S/c1-5-6-9-20-16(22)18-19-17(20)23-13(4)15(21)14-10-11(2)7-8-12(14)3/h7-8,10,13H,5-6,9H2,1-4H3,(H,18,22). The number of hydrogen-bond donors (Lipinski definition) is 1. The number of carbonyl (C=O) groups excluding carboxylic acids is 1. The molecule has 0 aliphatic rings. The van der Waals surface area contributed by atoms with Crippen LogP contribution < -0.4 is 5.69 Å². The maximum absolute atomic E-state index is 12.7. The Kier molecular flexibility index (Phi) is 5.82. The first kappa shape index (κ1) is 17.5. The Hall–Kier alpha value is -1.82. The van der Waals surface area contributed by atoms with Crippen molar-refractivity contribution in [2.24, 2.45) is 0 Å². The van der Waals surface area contributed by atoms with Crippen molar-refractivity contribution in [1.82, 2.24) is 14.8 Å². The number of hydrogen-bond acceptors (Lipinski definition) is 4. The monoisotopic (exact) mass is 333 g/mol. The lowest BCUT2D eigenvalue weighted by Gasteiger charge is -2.13. The molecule has 124 valence electrons. The molecule has 0 fully saturated rings. The molecule has 1 aromatic heterocycles. The summed E-state index contributed by atoms with van der Waals surface area (Å²) in [6.07, 6.45) is 1.91. The number of aryl methyl sites for hydroxylation is 2. The van der Waals surface area contributed by atoms with E-state index in [2.05, 4.69) is 17.1 Å². The second-order valence-corrected chi connectivity index (χ2v) is 7.07. The number of nitrogens with zero attached hydrogens (tertiary/aromatic N) is 2. The number of benzene rings is 1.